The van der Waals surface area contributed by atoms with Crippen molar-refractivity contribution in [3.63, 3.8) is 0 Å². The van der Waals surface area contributed by atoms with E-state index in [4.69, 9.17) is 4.42 Å². The molecule has 6 heteroatoms. The van der Waals surface area contributed by atoms with Gasteiger partial charge < -0.3 is 18.5 Å². The van der Waals surface area contributed by atoms with E-state index in [9.17, 15) is 0 Å². The van der Waals surface area contributed by atoms with Gasteiger partial charge in [0.15, 0.2) is 0 Å². The number of benzene rings is 9. The maximum absolute atomic E-state index is 6.16. The summed E-state index contributed by atoms with van der Waals surface area (Å²) in [6.07, 6.45) is 4.31. The topological polar surface area (TPSA) is 52.0 Å². The van der Waals surface area contributed by atoms with Crippen molar-refractivity contribution < 1.29 is 4.42 Å². The summed E-state index contributed by atoms with van der Waals surface area (Å²) >= 11 is 0. The van der Waals surface area contributed by atoms with Crippen LogP contribution in [0.5, 0.6) is 0 Å². The Labute approximate surface area is 497 Å². The molecule has 9 aromatic carbocycles. The summed E-state index contributed by atoms with van der Waals surface area (Å²) in [6.45, 7) is 34.2. The largest absolute Gasteiger partial charge is 0.416 e. The Hall–Kier alpha value is -8.74. The van der Waals surface area contributed by atoms with Gasteiger partial charge in [-0.25, -0.2) is 0 Å². The molecule has 422 valence electrons. The van der Waals surface area contributed by atoms with E-state index in [1.165, 1.54) is 71.4 Å². The molecular weight excluding hydrogens is 1020 g/mol. The molecule has 0 radical (unpaired) electrons. The van der Waals surface area contributed by atoms with Gasteiger partial charge in [0.05, 0.1) is 22.1 Å². The molecule has 12 aromatic rings. The fraction of sp³-hybridized carbons (Fsp3) is 0.256. The lowest BCUT2D eigenvalue weighted by Crippen LogP contribution is -2.11. The summed E-state index contributed by atoms with van der Waals surface area (Å²) in [4.78, 5) is 2.37. The van der Waals surface area contributed by atoms with Gasteiger partial charge in [-0.15, -0.1) is 10.2 Å². The molecular formula is C78H79N5O. The maximum Gasteiger partial charge on any atom is 0.248 e. The van der Waals surface area contributed by atoms with Crippen molar-refractivity contribution >= 4 is 72.8 Å². The monoisotopic (exact) mass is 1100 g/mol. The first-order valence-electron chi connectivity index (χ1n) is 29.8. The smallest absolute Gasteiger partial charge is 0.248 e. The van der Waals surface area contributed by atoms with Crippen LogP contribution in [0.25, 0.3) is 90.0 Å². The molecule has 0 fully saturated rings. The van der Waals surface area contributed by atoms with Crippen molar-refractivity contribution in [1.29, 1.82) is 0 Å². The van der Waals surface area contributed by atoms with Gasteiger partial charge >= 0.3 is 0 Å². The summed E-state index contributed by atoms with van der Waals surface area (Å²) in [5, 5.41) is 13.9. The summed E-state index contributed by atoms with van der Waals surface area (Å²) in [7, 11) is 0. The minimum absolute atomic E-state index is 0.0220. The van der Waals surface area contributed by atoms with Crippen LogP contribution in [0.15, 0.2) is 199 Å². The fourth-order valence-corrected chi connectivity index (χ4v) is 11.7. The predicted molar refractivity (Wildman–Crippen MR) is 357 cm³/mol. The van der Waals surface area contributed by atoms with E-state index in [0.717, 1.165) is 50.7 Å². The van der Waals surface area contributed by atoms with Crippen LogP contribution in [0.1, 0.15) is 143 Å². The van der Waals surface area contributed by atoms with Gasteiger partial charge in [-0.05, 0) is 199 Å². The van der Waals surface area contributed by atoms with Crippen molar-refractivity contribution in [2.75, 3.05) is 4.90 Å². The molecule has 0 bridgehead atoms. The van der Waals surface area contributed by atoms with Crippen molar-refractivity contribution in [2.45, 2.75) is 131 Å². The molecule has 3 aromatic heterocycles. The molecule has 0 amide bonds. The molecule has 0 aliphatic rings. The van der Waals surface area contributed by atoms with E-state index >= 15 is 0 Å². The molecule has 0 atom stereocenters. The van der Waals surface area contributed by atoms with Crippen LogP contribution in [0.4, 0.5) is 17.1 Å². The summed E-state index contributed by atoms with van der Waals surface area (Å²) < 4.78 is 11.0. The molecule has 0 spiro atoms. The minimum Gasteiger partial charge on any atom is -0.416 e. The molecule has 0 N–H and O–H groups in total. The highest BCUT2D eigenvalue weighted by Gasteiger charge is 2.25. The van der Waals surface area contributed by atoms with E-state index in [1.54, 1.807) is 0 Å². The van der Waals surface area contributed by atoms with Crippen molar-refractivity contribution in [2.24, 2.45) is 0 Å². The molecule has 0 aliphatic heterocycles. The SMILES string of the molecule is CC(C)(C)c1ccc(-c2nnc(-c3ccc(/C=C/c4ccc(N(c5ccc(-n6c7ccc(C(C)(C)C)cc7c7cc(C(C)(C)C)ccc76)cc5)c5ccc(-n6c7ccc(C(C)(C)C)cc7c7cc(C(C)(C)C)ccc76)cc5)cc4)cc3)o2)cc1. The zero-order valence-corrected chi connectivity index (χ0v) is 51.8. The number of anilines is 3. The molecule has 0 saturated heterocycles. The van der Waals surface area contributed by atoms with Gasteiger partial charge in [-0.1, -0.05) is 177 Å². The summed E-state index contributed by atoms with van der Waals surface area (Å²) in [5.41, 5.74) is 21.0. The van der Waals surface area contributed by atoms with Crippen molar-refractivity contribution in [3.8, 4) is 34.3 Å². The van der Waals surface area contributed by atoms with E-state index in [0.29, 0.717) is 11.8 Å². The van der Waals surface area contributed by atoms with E-state index in [1.807, 2.05) is 12.1 Å². The summed E-state index contributed by atoms with van der Waals surface area (Å²) in [6, 6.07) is 71.9. The number of fused-ring (bicyclic) bond motifs is 6. The molecule has 0 saturated carbocycles. The third-order valence-corrected chi connectivity index (χ3v) is 16.9. The van der Waals surface area contributed by atoms with Gasteiger partial charge in [0.25, 0.3) is 0 Å². The Balaban J connectivity index is 0.898. The lowest BCUT2D eigenvalue weighted by Gasteiger charge is -2.26. The number of nitrogens with zero attached hydrogens (tertiary/aromatic N) is 5. The van der Waals surface area contributed by atoms with Gasteiger partial charge in [0.1, 0.15) is 0 Å². The number of aromatic nitrogens is 4. The highest BCUT2D eigenvalue weighted by Crippen LogP contribution is 2.43. The van der Waals surface area contributed by atoms with Crippen LogP contribution in [-0.4, -0.2) is 19.3 Å². The number of hydrogen-bond donors (Lipinski definition) is 0. The van der Waals surface area contributed by atoms with Crippen LogP contribution >= 0.6 is 0 Å². The molecule has 6 nitrogen and oxygen atoms in total. The van der Waals surface area contributed by atoms with Crippen LogP contribution < -0.4 is 4.90 Å². The molecule has 0 unspecified atom stereocenters. The third-order valence-electron chi connectivity index (χ3n) is 16.9. The average Bonchev–Trinajstić information content (AvgIpc) is 1.82. The van der Waals surface area contributed by atoms with Crippen molar-refractivity contribution in [1.82, 2.24) is 19.3 Å². The Bertz CT molecular complexity index is 4100. The minimum atomic E-state index is 0.0220. The molecule has 3 heterocycles. The quantitative estimate of drug-likeness (QED) is 0.135. The Morgan fingerprint density at radius 3 is 0.869 bits per heavy atom. The van der Waals surface area contributed by atoms with Crippen molar-refractivity contribution in [3.05, 3.63) is 233 Å². The van der Waals surface area contributed by atoms with E-state index in [2.05, 4.69) is 322 Å². The average molecular weight is 1100 g/mol. The second-order valence-corrected chi connectivity index (χ2v) is 28.3. The molecule has 84 heavy (non-hydrogen) atoms. The third kappa shape index (κ3) is 10.7. The first kappa shape index (κ1) is 55.8. The lowest BCUT2D eigenvalue weighted by atomic mass is 9.85. The zero-order chi connectivity index (χ0) is 59.3. The first-order chi connectivity index (χ1) is 39.8. The molecule has 12 rings (SSSR count). The second-order valence-electron chi connectivity index (χ2n) is 28.3. The van der Waals surface area contributed by atoms with Crippen LogP contribution in [0, 0.1) is 0 Å². The van der Waals surface area contributed by atoms with E-state index < -0.39 is 0 Å². The second kappa shape index (κ2) is 20.6. The molecule has 0 aliphatic carbocycles. The van der Waals surface area contributed by atoms with Crippen LogP contribution in [0.3, 0.4) is 0 Å². The number of rotatable bonds is 9. The fourth-order valence-electron chi connectivity index (χ4n) is 11.7. The number of hydrogen-bond acceptors (Lipinski definition) is 4. The first-order valence-corrected chi connectivity index (χ1v) is 29.8. The van der Waals surface area contributed by atoms with E-state index in [-0.39, 0.29) is 27.1 Å². The Kier molecular flexibility index (Phi) is 13.6. The maximum atomic E-state index is 6.16. The standard InChI is InChI=1S/C78H79N5O/c1-74(2,3)54-26-24-53(25-27-54)73-80-79-72(84-73)52-22-18-50(19-23-52)16-17-51-20-32-59(33-21-51)81(60-34-38-62(39-35-60)82-68-42-28-55(75(4,5)6)46-64(68)65-47-56(76(7,8)9)29-43-69(65)82)61-36-40-63(41-37-61)83-70-44-30-57(77(10,11)12)48-66(70)67-49-58(78(13,14)15)31-45-71(67)83/h16-49H,1-15H3/b17-16+. The Morgan fingerprint density at radius 1 is 0.310 bits per heavy atom. The lowest BCUT2D eigenvalue weighted by molar-refractivity contribution is 0.582. The predicted octanol–water partition coefficient (Wildman–Crippen LogP) is 21.7. The normalized spacial score (nSPS) is 12.9. The van der Waals surface area contributed by atoms with Gasteiger partial charge in [-0.3, -0.25) is 0 Å². The van der Waals surface area contributed by atoms with Gasteiger partial charge in [0.2, 0.25) is 11.8 Å². The van der Waals surface area contributed by atoms with Crippen LogP contribution in [0.2, 0.25) is 0 Å². The highest BCUT2D eigenvalue weighted by atomic mass is 16.4. The van der Waals surface area contributed by atoms with Gasteiger partial charge in [0, 0.05) is 61.1 Å². The Morgan fingerprint density at radius 2 is 0.571 bits per heavy atom. The highest BCUT2D eigenvalue weighted by molar-refractivity contribution is 6.11. The summed E-state index contributed by atoms with van der Waals surface area (Å²) in [5.74, 6) is 1.01. The zero-order valence-electron chi connectivity index (χ0n) is 51.8. The van der Waals surface area contributed by atoms with Crippen LogP contribution in [-0.2, 0) is 27.1 Å². The van der Waals surface area contributed by atoms with Gasteiger partial charge in [-0.2, -0.15) is 0 Å².